The summed E-state index contributed by atoms with van der Waals surface area (Å²) in [5.74, 6) is -1.01. The van der Waals surface area contributed by atoms with Gasteiger partial charge in [-0.25, -0.2) is 13.8 Å². The van der Waals surface area contributed by atoms with Gasteiger partial charge < -0.3 is 9.84 Å². The van der Waals surface area contributed by atoms with Crippen LogP contribution in [0.25, 0.3) is 11.3 Å². The van der Waals surface area contributed by atoms with Gasteiger partial charge in [0.1, 0.15) is 18.2 Å². The topological polar surface area (TPSA) is 81.0 Å². The maximum atomic E-state index is 14.3. The van der Waals surface area contributed by atoms with Gasteiger partial charge in [-0.05, 0) is 61.4 Å². The predicted molar refractivity (Wildman–Crippen MR) is 104 cm³/mol. The Labute approximate surface area is 172 Å². The smallest absolute Gasteiger partial charge is 0.316 e. The number of ether oxygens (including phenoxy) is 1. The van der Waals surface area contributed by atoms with Crippen LogP contribution in [-0.4, -0.2) is 38.5 Å². The van der Waals surface area contributed by atoms with Crippen molar-refractivity contribution in [3.8, 4) is 17.3 Å². The summed E-state index contributed by atoms with van der Waals surface area (Å²) < 4.78 is 34.0. The van der Waals surface area contributed by atoms with Crippen molar-refractivity contribution < 1.29 is 18.6 Å². The average Bonchev–Trinajstić information content (AvgIpc) is 2.78. The summed E-state index contributed by atoms with van der Waals surface area (Å²) >= 11 is 0. The minimum absolute atomic E-state index is 0.118. The minimum Gasteiger partial charge on any atom is -0.461 e. The summed E-state index contributed by atoms with van der Waals surface area (Å²) in [5, 5.41) is 17.7. The number of aromatic nitrogens is 4. The second-order valence-corrected chi connectivity index (χ2v) is 7.78. The van der Waals surface area contributed by atoms with Crippen molar-refractivity contribution in [2.24, 2.45) is 0 Å². The molecule has 3 aliphatic carbocycles. The molecule has 1 N–H and O–H groups in total. The fraction of sp³-hybridized carbons (Fsp3) is 0.364. The molecule has 1 saturated carbocycles. The molecule has 0 atom stereocenters. The molecule has 3 aromatic rings. The van der Waals surface area contributed by atoms with E-state index in [1.54, 1.807) is 12.3 Å². The molecular formula is C22H20F2N4O2. The van der Waals surface area contributed by atoms with E-state index in [9.17, 15) is 8.78 Å². The third-order valence-corrected chi connectivity index (χ3v) is 6.22. The van der Waals surface area contributed by atoms with Crippen molar-refractivity contribution >= 4 is 0 Å². The van der Waals surface area contributed by atoms with Gasteiger partial charge in [-0.1, -0.05) is 6.07 Å². The Kier molecular flexibility index (Phi) is 4.66. The summed E-state index contributed by atoms with van der Waals surface area (Å²) in [6, 6.07) is 7.63. The largest absolute Gasteiger partial charge is 0.461 e. The molecular weight excluding hydrogens is 390 g/mol. The van der Waals surface area contributed by atoms with Gasteiger partial charge in [0.2, 0.25) is 0 Å². The number of aliphatic hydroxyl groups is 1. The fourth-order valence-electron chi connectivity index (χ4n) is 4.80. The van der Waals surface area contributed by atoms with Crippen molar-refractivity contribution in [3.63, 3.8) is 0 Å². The number of halogens is 2. The van der Waals surface area contributed by atoms with Gasteiger partial charge in [-0.3, -0.25) is 0 Å². The van der Waals surface area contributed by atoms with Crippen LogP contribution in [0.1, 0.15) is 48.6 Å². The molecule has 8 heteroatoms. The Morgan fingerprint density at radius 3 is 2.60 bits per heavy atom. The van der Waals surface area contributed by atoms with E-state index in [1.165, 1.54) is 18.2 Å². The number of aliphatic hydroxyl groups excluding tert-OH is 1. The molecule has 2 aromatic heterocycles. The Balaban J connectivity index is 1.60. The Morgan fingerprint density at radius 2 is 1.87 bits per heavy atom. The monoisotopic (exact) mass is 410 g/mol. The number of hydrogen-bond donors (Lipinski definition) is 1. The van der Waals surface area contributed by atoms with Gasteiger partial charge in [-0.15, -0.1) is 5.10 Å². The summed E-state index contributed by atoms with van der Waals surface area (Å²) in [5.41, 5.74) is 2.23. The summed E-state index contributed by atoms with van der Waals surface area (Å²) in [4.78, 5) is 8.69. The average molecular weight is 410 g/mol. The standard InChI is InChI=1S/C22H20F2N4O2/c23-15-2-1-3-16(24)19(15)17-12-14-13-4-7-22(8-5-13,20(14)28-27-17)18-6-9-25-21(26-18)30-11-10-29/h1-3,6,9,12-13,29H,4-5,7-8,10-11H2/t13-,22+. The Bertz CT molecular complexity index is 1080. The molecule has 6 rings (SSSR count). The predicted octanol–water partition coefficient (Wildman–Crippen LogP) is 3.54. The number of benzene rings is 1. The van der Waals surface area contributed by atoms with Gasteiger partial charge in [0, 0.05) is 6.20 Å². The zero-order valence-corrected chi connectivity index (χ0v) is 16.2. The van der Waals surface area contributed by atoms with Crippen molar-refractivity contribution in [1.29, 1.82) is 0 Å². The zero-order valence-electron chi connectivity index (χ0n) is 16.2. The first-order chi connectivity index (χ1) is 14.6. The van der Waals surface area contributed by atoms with Gasteiger partial charge in [0.25, 0.3) is 0 Å². The molecule has 3 aliphatic rings. The van der Waals surface area contributed by atoms with E-state index in [1.807, 2.05) is 6.07 Å². The first-order valence-electron chi connectivity index (χ1n) is 10.0. The molecule has 1 fully saturated rings. The highest BCUT2D eigenvalue weighted by Crippen LogP contribution is 2.55. The van der Waals surface area contributed by atoms with E-state index in [4.69, 9.17) is 9.84 Å². The molecule has 2 heterocycles. The van der Waals surface area contributed by atoms with Gasteiger partial charge >= 0.3 is 6.01 Å². The zero-order chi connectivity index (χ0) is 20.7. The number of hydrogen-bond acceptors (Lipinski definition) is 6. The van der Waals surface area contributed by atoms with Crippen molar-refractivity contribution in [1.82, 2.24) is 20.2 Å². The van der Waals surface area contributed by atoms with Crippen LogP contribution < -0.4 is 4.74 Å². The van der Waals surface area contributed by atoms with Crippen LogP contribution in [0.4, 0.5) is 8.78 Å². The maximum Gasteiger partial charge on any atom is 0.316 e. The summed E-state index contributed by atoms with van der Waals surface area (Å²) in [6.07, 6.45) is 5.25. The number of nitrogens with zero attached hydrogens (tertiary/aromatic N) is 4. The first kappa shape index (κ1) is 19.0. The molecule has 0 saturated heterocycles. The first-order valence-corrected chi connectivity index (χ1v) is 10.0. The minimum atomic E-state index is -0.651. The van der Waals surface area contributed by atoms with Crippen LogP contribution in [0, 0.1) is 11.6 Å². The lowest BCUT2D eigenvalue weighted by Gasteiger charge is -2.46. The van der Waals surface area contributed by atoms with E-state index in [0.717, 1.165) is 42.6 Å². The van der Waals surface area contributed by atoms with Crippen molar-refractivity contribution in [2.45, 2.75) is 37.0 Å². The van der Waals surface area contributed by atoms with E-state index in [0.29, 0.717) is 0 Å². The second-order valence-electron chi connectivity index (χ2n) is 7.78. The van der Waals surface area contributed by atoms with Gasteiger partial charge in [-0.2, -0.15) is 10.1 Å². The van der Waals surface area contributed by atoms with Crippen LogP contribution in [0.15, 0.2) is 36.5 Å². The van der Waals surface area contributed by atoms with E-state index in [2.05, 4.69) is 20.2 Å². The van der Waals surface area contributed by atoms with Crippen LogP contribution in [0.5, 0.6) is 6.01 Å². The van der Waals surface area contributed by atoms with Crippen LogP contribution in [0.3, 0.4) is 0 Å². The Hall–Kier alpha value is -3.00. The van der Waals surface area contributed by atoms with E-state index >= 15 is 0 Å². The summed E-state index contributed by atoms with van der Waals surface area (Å²) in [6.45, 7) is -0.00339. The molecule has 0 unspecified atom stereocenters. The quantitative estimate of drug-likeness (QED) is 0.693. The second kappa shape index (κ2) is 7.36. The molecule has 2 bridgehead atoms. The van der Waals surface area contributed by atoms with Crippen LogP contribution in [-0.2, 0) is 5.41 Å². The highest BCUT2D eigenvalue weighted by molar-refractivity contribution is 5.62. The lowest BCUT2D eigenvalue weighted by Crippen LogP contribution is -2.41. The summed E-state index contributed by atoms with van der Waals surface area (Å²) in [7, 11) is 0. The molecule has 0 radical (unpaired) electrons. The highest BCUT2D eigenvalue weighted by atomic mass is 19.1. The highest BCUT2D eigenvalue weighted by Gasteiger charge is 2.48. The lowest BCUT2D eigenvalue weighted by atomic mass is 9.58. The molecule has 0 amide bonds. The molecule has 154 valence electrons. The molecule has 0 aliphatic heterocycles. The molecule has 0 spiro atoms. The molecule has 6 nitrogen and oxygen atoms in total. The van der Waals surface area contributed by atoms with E-state index in [-0.39, 0.29) is 36.4 Å². The van der Waals surface area contributed by atoms with Gasteiger partial charge in [0.05, 0.1) is 34.7 Å². The van der Waals surface area contributed by atoms with Crippen molar-refractivity contribution in [3.05, 3.63) is 65.1 Å². The van der Waals surface area contributed by atoms with E-state index < -0.39 is 17.0 Å². The molecule has 30 heavy (non-hydrogen) atoms. The lowest BCUT2D eigenvalue weighted by molar-refractivity contribution is 0.189. The number of rotatable bonds is 5. The maximum absolute atomic E-state index is 14.3. The van der Waals surface area contributed by atoms with Crippen LogP contribution in [0.2, 0.25) is 0 Å². The third kappa shape index (κ3) is 2.94. The third-order valence-electron chi connectivity index (χ3n) is 6.22. The van der Waals surface area contributed by atoms with Crippen LogP contribution >= 0.6 is 0 Å². The fourth-order valence-corrected chi connectivity index (χ4v) is 4.80. The van der Waals surface area contributed by atoms with Gasteiger partial charge in [0.15, 0.2) is 0 Å². The molecule has 1 aromatic carbocycles. The van der Waals surface area contributed by atoms with Crippen molar-refractivity contribution in [2.75, 3.05) is 13.2 Å². The number of fused-ring (bicyclic) bond motifs is 2. The Morgan fingerprint density at radius 1 is 1.10 bits per heavy atom. The normalized spacial score (nSPS) is 22.0. The SMILES string of the molecule is OCCOc1nccc([C@]23CC[C@H](CC2)c2cc(-c4c(F)cccc4F)nnc23)n1.